The number of benzene rings is 2. The van der Waals surface area contributed by atoms with E-state index < -0.39 is 0 Å². The first-order valence-corrected chi connectivity index (χ1v) is 7.89. The molecule has 0 aromatic heterocycles. The summed E-state index contributed by atoms with van der Waals surface area (Å²) >= 11 is 3.42. The number of hydrogen-bond acceptors (Lipinski definition) is 2. The summed E-state index contributed by atoms with van der Waals surface area (Å²) in [5, 5.41) is 6.40. The predicted molar refractivity (Wildman–Crippen MR) is 88.1 cm³/mol. The summed E-state index contributed by atoms with van der Waals surface area (Å²) in [5.41, 5.74) is 1.90. The van der Waals surface area contributed by atoms with Crippen LogP contribution < -0.4 is 10.6 Å². The molecule has 2 aromatic rings. The summed E-state index contributed by atoms with van der Waals surface area (Å²) < 4.78 is 1.02. The molecule has 0 aliphatic heterocycles. The zero-order valence-electron chi connectivity index (χ0n) is 11.6. The molecule has 3 nitrogen and oxygen atoms in total. The Morgan fingerprint density at radius 1 is 1.05 bits per heavy atom. The number of nitrogens with one attached hydrogen (secondary N) is 2. The molecule has 21 heavy (non-hydrogen) atoms. The zero-order chi connectivity index (χ0) is 14.7. The monoisotopic (exact) mass is 344 g/mol. The van der Waals surface area contributed by atoms with Crippen LogP contribution in [0.1, 0.15) is 24.4 Å². The van der Waals surface area contributed by atoms with Gasteiger partial charge in [-0.05, 0) is 42.7 Å². The fourth-order valence-corrected chi connectivity index (χ4v) is 2.44. The van der Waals surface area contributed by atoms with Gasteiger partial charge in [0.15, 0.2) is 0 Å². The van der Waals surface area contributed by atoms with Gasteiger partial charge >= 0.3 is 0 Å². The van der Waals surface area contributed by atoms with E-state index in [1.54, 1.807) is 0 Å². The predicted octanol–water partition coefficient (Wildman–Crippen LogP) is 3.88. The van der Waals surface area contributed by atoms with Crippen LogP contribution in [-0.4, -0.2) is 11.9 Å². The SMILES string of the molecule is O=C(NC1CC1)[C@@H](Nc1ccc(Br)cc1)c1ccccc1. The first-order chi connectivity index (χ1) is 10.2. The minimum atomic E-state index is -0.368. The lowest BCUT2D eigenvalue weighted by atomic mass is 10.1. The maximum Gasteiger partial charge on any atom is 0.247 e. The Morgan fingerprint density at radius 2 is 1.71 bits per heavy atom. The highest BCUT2D eigenvalue weighted by Crippen LogP contribution is 2.24. The number of halogens is 1. The minimum Gasteiger partial charge on any atom is -0.370 e. The maximum absolute atomic E-state index is 12.5. The molecule has 1 aliphatic carbocycles. The second-order valence-electron chi connectivity index (χ2n) is 5.28. The average molecular weight is 345 g/mol. The molecule has 0 radical (unpaired) electrons. The summed E-state index contributed by atoms with van der Waals surface area (Å²) in [6.45, 7) is 0. The van der Waals surface area contributed by atoms with Crippen LogP contribution in [0.5, 0.6) is 0 Å². The first-order valence-electron chi connectivity index (χ1n) is 7.10. The van der Waals surface area contributed by atoms with E-state index in [0.29, 0.717) is 6.04 Å². The summed E-state index contributed by atoms with van der Waals surface area (Å²) in [5.74, 6) is 0.0339. The highest BCUT2D eigenvalue weighted by molar-refractivity contribution is 9.10. The third kappa shape index (κ3) is 3.85. The summed E-state index contributed by atoms with van der Waals surface area (Å²) in [4.78, 5) is 12.5. The number of carbonyl (C=O) groups is 1. The van der Waals surface area contributed by atoms with Gasteiger partial charge in [0, 0.05) is 16.2 Å². The van der Waals surface area contributed by atoms with Crippen LogP contribution in [0.4, 0.5) is 5.69 Å². The van der Waals surface area contributed by atoms with E-state index in [1.807, 2.05) is 54.6 Å². The smallest absolute Gasteiger partial charge is 0.247 e. The largest absolute Gasteiger partial charge is 0.370 e. The highest BCUT2D eigenvalue weighted by Gasteiger charge is 2.28. The summed E-state index contributed by atoms with van der Waals surface area (Å²) in [6.07, 6.45) is 2.18. The summed E-state index contributed by atoms with van der Waals surface area (Å²) in [6, 6.07) is 17.7. The van der Waals surface area contributed by atoms with Gasteiger partial charge in [-0.1, -0.05) is 46.3 Å². The molecular weight excluding hydrogens is 328 g/mol. The molecule has 1 atom stereocenters. The van der Waals surface area contributed by atoms with Crippen LogP contribution in [0.3, 0.4) is 0 Å². The van der Waals surface area contributed by atoms with Crippen LogP contribution in [0, 0.1) is 0 Å². The lowest BCUT2D eigenvalue weighted by Crippen LogP contribution is -2.34. The van der Waals surface area contributed by atoms with E-state index in [4.69, 9.17) is 0 Å². The molecule has 0 spiro atoms. The second-order valence-corrected chi connectivity index (χ2v) is 6.19. The van der Waals surface area contributed by atoms with E-state index >= 15 is 0 Å². The van der Waals surface area contributed by atoms with Crippen molar-refractivity contribution in [2.24, 2.45) is 0 Å². The molecule has 4 heteroatoms. The van der Waals surface area contributed by atoms with Gasteiger partial charge in [-0.3, -0.25) is 4.79 Å². The number of rotatable bonds is 5. The van der Waals surface area contributed by atoms with Gasteiger partial charge in [0.2, 0.25) is 5.91 Å². The molecule has 1 saturated carbocycles. The van der Waals surface area contributed by atoms with Gasteiger partial charge < -0.3 is 10.6 Å². The van der Waals surface area contributed by atoms with Crippen LogP contribution in [-0.2, 0) is 4.79 Å². The number of carbonyl (C=O) groups excluding carboxylic acids is 1. The van der Waals surface area contributed by atoms with Gasteiger partial charge in [0.25, 0.3) is 0 Å². The molecule has 2 aromatic carbocycles. The van der Waals surface area contributed by atoms with E-state index in [-0.39, 0.29) is 11.9 Å². The topological polar surface area (TPSA) is 41.1 Å². The maximum atomic E-state index is 12.5. The lowest BCUT2D eigenvalue weighted by Gasteiger charge is -2.20. The number of amides is 1. The number of hydrogen-bond donors (Lipinski definition) is 2. The van der Waals surface area contributed by atoms with Gasteiger partial charge in [0.1, 0.15) is 6.04 Å². The van der Waals surface area contributed by atoms with Crippen LogP contribution >= 0.6 is 15.9 Å². The standard InChI is InChI=1S/C17H17BrN2O/c18-13-6-8-14(9-7-13)19-16(12-4-2-1-3-5-12)17(21)20-15-10-11-15/h1-9,15-16,19H,10-11H2,(H,20,21)/t16-/m0/s1. The van der Waals surface area contributed by atoms with Crippen molar-refractivity contribution in [3.8, 4) is 0 Å². The Labute approximate surface area is 132 Å². The van der Waals surface area contributed by atoms with Gasteiger partial charge in [0.05, 0.1) is 0 Å². The fourth-order valence-electron chi connectivity index (χ4n) is 2.17. The van der Waals surface area contributed by atoms with Crippen molar-refractivity contribution in [1.82, 2.24) is 5.32 Å². The van der Waals surface area contributed by atoms with Gasteiger partial charge in [-0.2, -0.15) is 0 Å². The molecule has 108 valence electrons. The molecule has 2 N–H and O–H groups in total. The van der Waals surface area contributed by atoms with Crippen LogP contribution in [0.15, 0.2) is 59.1 Å². The van der Waals surface area contributed by atoms with E-state index in [2.05, 4.69) is 26.6 Å². The molecule has 0 heterocycles. The highest BCUT2D eigenvalue weighted by atomic mass is 79.9. The third-order valence-electron chi connectivity index (χ3n) is 3.47. The Kier molecular flexibility index (Phi) is 4.25. The lowest BCUT2D eigenvalue weighted by molar-refractivity contribution is -0.122. The average Bonchev–Trinajstić information content (AvgIpc) is 3.31. The third-order valence-corrected chi connectivity index (χ3v) is 4.00. The minimum absolute atomic E-state index is 0.0339. The molecule has 1 aliphatic rings. The summed E-state index contributed by atoms with van der Waals surface area (Å²) in [7, 11) is 0. The van der Waals surface area contributed by atoms with Gasteiger partial charge in [-0.15, -0.1) is 0 Å². The second kappa shape index (κ2) is 6.31. The Bertz CT molecular complexity index is 608. The normalized spacial score (nSPS) is 15.3. The zero-order valence-corrected chi connectivity index (χ0v) is 13.1. The Balaban J connectivity index is 1.80. The molecule has 3 rings (SSSR count). The molecule has 0 saturated heterocycles. The molecule has 1 fully saturated rings. The molecular formula is C17H17BrN2O. The fraction of sp³-hybridized carbons (Fsp3) is 0.235. The Morgan fingerprint density at radius 3 is 2.33 bits per heavy atom. The van der Waals surface area contributed by atoms with Crippen molar-refractivity contribution in [3.05, 3.63) is 64.6 Å². The quantitative estimate of drug-likeness (QED) is 0.864. The van der Waals surface area contributed by atoms with Crippen molar-refractivity contribution < 1.29 is 4.79 Å². The van der Waals surface area contributed by atoms with Crippen molar-refractivity contribution in [3.63, 3.8) is 0 Å². The first kappa shape index (κ1) is 14.1. The van der Waals surface area contributed by atoms with Crippen molar-refractivity contribution in [1.29, 1.82) is 0 Å². The van der Waals surface area contributed by atoms with Gasteiger partial charge in [-0.25, -0.2) is 0 Å². The molecule has 0 unspecified atom stereocenters. The van der Waals surface area contributed by atoms with E-state index in [9.17, 15) is 4.79 Å². The molecule has 0 bridgehead atoms. The van der Waals surface area contributed by atoms with E-state index in [0.717, 1.165) is 28.6 Å². The van der Waals surface area contributed by atoms with Crippen LogP contribution in [0.2, 0.25) is 0 Å². The number of anilines is 1. The van der Waals surface area contributed by atoms with Crippen molar-refractivity contribution in [2.45, 2.75) is 24.9 Å². The van der Waals surface area contributed by atoms with Crippen molar-refractivity contribution >= 4 is 27.5 Å². The van der Waals surface area contributed by atoms with Crippen LogP contribution in [0.25, 0.3) is 0 Å². The van der Waals surface area contributed by atoms with Crippen molar-refractivity contribution in [2.75, 3.05) is 5.32 Å². The van der Waals surface area contributed by atoms with E-state index in [1.165, 1.54) is 0 Å². The Hall–Kier alpha value is -1.81. The molecule has 1 amide bonds.